The maximum atomic E-state index is 11.6. The van der Waals surface area contributed by atoms with Crippen LogP contribution in [0.1, 0.15) is 40.6 Å². The van der Waals surface area contributed by atoms with Gasteiger partial charge in [-0.25, -0.2) is 27.5 Å². The predicted molar refractivity (Wildman–Crippen MR) is 95.4 cm³/mol. The molecule has 9 heteroatoms. The molecule has 1 aliphatic heterocycles. The van der Waals surface area contributed by atoms with Crippen LogP contribution in [0.15, 0.2) is 24.5 Å². The van der Waals surface area contributed by atoms with Crippen molar-refractivity contribution in [1.82, 2.24) is 19.3 Å². The highest BCUT2D eigenvalue weighted by molar-refractivity contribution is 7.88. The maximum Gasteiger partial charge on any atom is 0.337 e. The minimum absolute atomic E-state index is 0.0715. The number of aryl methyl sites for hydroxylation is 1. The summed E-state index contributed by atoms with van der Waals surface area (Å²) in [7, 11) is -3.18. The van der Waals surface area contributed by atoms with E-state index >= 15 is 0 Å². The number of hydrogen-bond donors (Lipinski definition) is 1. The Labute approximate surface area is 152 Å². The quantitative estimate of drug-likeness (QED) is 0.863. The molecule has 0 spiro atoms. The van der Waals surface area contributed by atoms with Crippen molar-refractivity contribution in [3.05, 3.63) is 41.6 Å². The summed E-state index contributed by atoms with van der Waals surface area (Å²) >= 11 is 0. The van der Waals surface area contributed by atoms with Crippen molar-refractivity contribution in [3.8, 4) is 11.3 Å². The zero-order valence-electron chi connectivity index (χ0n) is 14.6. The number of pyridine rings is 1. The van der Waals surface area contributed by atoms with Crippen molar-refractivity contribution in [2.75, 3.05) is 19.3 Å². The number of piperidine rings is 1. The third-order valence-electron chi connectivity index (χ3n) is 4.44. The summed E-state index contributed by atoms with van der Waals surface area (Å²) in [6.45, 7) is 2.76. The van der Waals surface area contributed by atoms with Gasteiger partial charge in [-0.3, -0.25) is 4.98 Å². The number of carbonyl (C=O) groups is 1. The second-order valence-corrected chi connectivity index (χ2v) is 8.44. The molecule has 0 saturated carbocycles. The summed E-state index contributed by atoms with van der Waals surface area (Å²) in [5, 5.41) is 9.13. The first-order valence-electron chi connectivity index (χ1n) is 8.23. The highest BCUT2D eigenvalue weighted by Gasteiger charge is 2.27. The minimum atomic E-state index is -3.18. The Bertz CT molecular complexity index is 938. The lowest BCUT2D eigenvalue weighted by Gasteiger charge is -2.29. The molecule has 1 saturated heterocycles. The first-order valence-corrected chi connectivity index (χ1v) is 10.1. The molecule has 138 valence electrons. The highest BCUT2D eigenvalue weighted by Crippen LogP contribution is 2.28. The van der Waals surface area contributed by atoms with Crippen LogP contribution in [0.4, 0.5) is 0 Å². The lowest BCUT2D eigenvalue weighted by atomic mass is 9.97. The second-order valence-electron chi connectivity index (χ2n) is 6.46. The van der Waals surface area contributed by atoms with Crippen LogP contribution in [0.5, 0.6) is 0 Å². The van der Waals surface area contributed by atoms with E-state index in [1.165, 1.54) is 22.8 Å². The number of aromatic nitrogens is 3. The first kappa shape index (κ1) is 18.4. The summed E-state index contributed by atoms with van der Waals surface area (Å²) in [5.41, 5.74) is 2.11. The zero-order chi connectivity index (χ0) is 18.9. The van der Waals surface area contributed by atoms with E-state index in [-0.39, 0.29) is 11.5 Å². The molecule has 1 N–H and O–H groups in total. The first-order chi connectivity index (χ1) is 12.2. The van der Waals surface area contributed by atoms with Gasteiger partial charge in [-0.15, -0.1) is 0 Å². The number of carboxylic acids is 1. The van der Waals surface area contributed by atoms with E-state index < -0.39 is 16.0 Å². The van der Waals surface area contributed by atoms with Crippen LogP contribution >= 0.6 is 0 Å². The number of aromatic carboxylic acids is 1. The molecule has 1 aliphatic rings. The monoisotopic (exact) mass is 376 g/mol. The Balaban J connectivity index is 1.87. The van der Waals surface area contributed by atoms with Crippen LogP contribution in [0, 0.1) is 6.92 Å². The van der Waals surface area contributed by atoms with E-state index in [1.54, 1.807) is 12.3 Å². The van der Waals surface area contributed by atoms with Gasteiger partial charge in [0.1, 0.15) is 5.82 Å². The molecule has 2 aromatic rings. The molecular formula is C17H20N4O4S. The van der Waals surface area contributed by atoms with Crippen molar-refractivity contribution < 1.29 is 18.3 Å². The van der Waals surface area contributed by atoms with Crippen molar-refractivity contribution in [1.29, 1.82) is 0 Å². The van der Waals surface area contributed by atoms with Crippen molar-refractivity contribution in [3.63, 3.8) is 0 Å². The molecule has 3 heterocycles. The van der Waals surface area contributed by atoms with Crippen LogP contribution < -0.4 is 0 Å². The molecule has 3 rings (SSSR count). The largest absolute Gasteiger partial charge is 0.478 e. The molecule has 8 nitrogen and oxygen atoms in total. The summed E-state index contributed by atoms with van der Waals surface area (Å²) in [6.07, 6.45) is 5.40. The third kappa shape index (κ3) is 4.05. The molecule has 0 unspecified atom stereocenters. The topological polar surface area (TPSA) is 113 Å². The smallest absolute Gasteiger partial charge is 0.337 e. The van der Waals surface area contributed by atoms with Gasteiger partial charge in [0.2, 0.25) is 10.0 Å². The Morgan fingerprint density at radius 3 is 2.50 bits per heavy atom. The molecule has 0 aromatic carbocycles. The van der Waals surface area contributed by atoms with Crippen LogP contribution in [-0.4, -0.2) is 58.1 Å². The van der Waals surface area contributed by atoms with E-state index in [4.69, 9.17) is 5.11 Å². The van der Waals surface area contributed by atoms with E-state index in [1.807, 2.05) is 6.92 Å². The van der Waals surface area contributed by atoms with Crippen molar-refractivity contribution in [2.45, 2.75) is 25.7 Å². The normalized spacial score (nSPS) is 16.5. The van der Waals surface area contributed by atoms with Crippen LogP contribution in [-0.2, 0) is 10.0 Å². The number of nitrogens with zero attached hydrogens (tertiary/aromatic N) is 4. The molecule has 0 atom stereocenters. The summed E-state index contributed by atoms with van der Waals surface area (Å²) in [4.78, 5) is 24.2. The Kier molecular flexibility index (Phi) is 5.01. The summed E-state index contributed by atoms with van der Waals surface area (Å²) < 4.78 is 24.8. The van der Waals surface area contributed by atoms with Crippen LogP contribution in [0.3, 0.4) is 0 Å². The summed E-state index contributed by atoms with van der Waals surface area (Å²) in [6, 6.07) is 3.32. The van der Waals surface area contributed by atoms with Gasteiger partial charge in [0, 0.05) is 42.7 Å². The average molecular weight is 376 g/mol. The average Bonchev–Trinajstić information content (AvgIpc) is 2.60. The third-order valence-corrected chi connectivity index (χ3v) is 5.74. The summed E-state index contributed by atoms with van der Waals surface area (Å²) in [5.74, 6) is -0.311. The van der Waals surface area contributed by atoms with E-state index in [0.29, 0.717) is 43.0 Å². The molecule has 0 amide bonds. The van der Waals surface area contributed by atoms with E-state index in [0.717, 1.165) is 5.69 Å². The molecule has 2 aromatic heterocycles. The lowest BCUT2D eigenvalue weighted by Crippen LogP contribution is -2.37. The van der Waals surface area contributed by atoms with Crippen molar-refractivity contribution in [2.24, 2.45) is 0 Å². The van der Waals surface area contributed by atoms with Gasteiger partial charge in [0.15, 0.2) is 0 Å². The Hall–Kier alpha value is -2.39. The van der Waals surface area contributed by atoms with Gasteiger partial charge >= 0.3 is 5.97 Å². The zero-order valence-corrected chi connectivity index (χ0v) is 15.4. The van der Waals surface area contributed by atoms with Gasteiger partial charge in [-0.2, -0.15) is 0 Å². The second kappa shape index (κ2) is 7.08. The molecular weight excluding hydrogens is 356 g/mol. The number of hydrogen-bond acceptors (Lipinski definition) is 6. The number of rotatable bonds is 4. The van der Waals surface area contributed by atoms with Crippen LogP contribution in [0.2, 0.25) is 0 Å². The molecule has 0 radical (unpaired) electrons. The van der Waals surface area contributed by atoms with Gasteiger partial charge in [-0.1, -0.05) is 0 Å². The molecule has 1 fully saturated rings. The van der Waals surface area contributed by atoms with Crippen LogP contribution in [0.25, 0.3) is 11.3 Å². The van der Waals surface area contributed by atoms with Gasteiger partial charge in [0.05, 0.1) is 17.5 Å². The molecule has 26 heavy (non-hydrogen) atoms. The highest BCUT2D eigenvalue weighted by atomic mass is 32.2. The minimum Gasteiger partial charge on any atom is -0.478 e. The Morgan fingerprint density at radius 2 is 1.88 bits per heavy atom. The van der Waals surface area contributed by atoms with Gasteiger partial charge in [0.25, 0.3) is 0 Å². The van der Waals surface area contributed by atoms with Gasteiger partial charge in [-0.05, 0) is 31.9 Å². The lowest BCUT2D eigenvalue weighted by molar-refractivity contribution is 0.0696. The fourth-order valence-electron chi connectivity index (χ4n) is 3.06. The fraction of sp³-hybridized carbons (Fsp3) is 0.412. The molecule has 0 bridgehead atoms. The van der Waals surface area contributed by atoms with E-state index in [9.17, 15) is 13.2 Å². The SMILES string of the molecule is Cc1cc(-c2cncc(C(=O)O)c2)nc(C2CCN(S(C)(=O)=O)CC2)n1. The standard InChI is InChI=1S/C17H20N4O4S/c1-11-7-15(13-8-14(17(22)23)10-18-9-13)20-16(19-11)12-3-5-21(6-4-12)26(2,24)25/h7-10,12H,3-6H2,1-2H3,(H,22,23). The fourth-order valence-corrected chi connectivity index (χ4v) is 3.94. The predicted octanol–water partition coefficient (Wildman–Crippen LogP) is 1.68. The Morgan fingerprint density at radius 1 is 1.19 bits per heavy atom. The van der Waals surface area contributed by atoms with Gasteiger partial charge < -0.3 is 5.11 Å². The number of carboxylic acid groups (broad SMARTS) is 1. The maximum absolute atomic E-state index is 11.6. The van der Waals surface area contributed by atoms with E-state index in [2.05, 4.69) is 15.0 Å². The molecule has 0 aliphatic carbocycles. The number of sulfonamides is 1. The van der Waals surface area contributed by atoms with Crippen molar-refractivity contribution >= 4 is 16.0 Å².